The van der Waals surface area contributed by atoms with Crippen molar-refractivity contribution in [1.29, 1.82) is 0 Å². The minimum Gasteiger partial charge on any atom is -0.495 e. The van der Waals surface area contributed by atoms with Crippen LogP contribution >= 0.6 is 0 Å². The van der Waals surface area contributed by atoms with Crippen molar-refractivity contribution in [3.63, 3.8) is 0 Å². The summed E-state index contributed by atoms with van der Waals surface area (Å²) in [6.45, 7) is 2.70. The number of ether oxygens (including phenoxy) is 1. The molecule has 1 aliphatic rings. The van der Waals surface area contributed by atoms with Crippen molar-refractivity contribution in [2.75, 3.05) is 27.2 Å². The molecule has 1 saturated heterocycles. The molecule has 1 amide bonds. The third kappa shape index (κ3) is 6.08. The first-order chi connectivity index (χ1) is 16.9. The van der Waals surface area contributed by atoms with Crippen LogP contribution in [0.25, 0.3) is 0 Å². The van der Waals surface area contributed by atoms with E-state index in [4.69, 9.17) is 4.74 Å². The Labute approximate surface area is 207 Å². The van der Waals surface area contributed by atoms with Crippen LogP contribution in [0.3, 0.4) is 0 Å². The number of methoxy groups -OCH3 is 1. The fourth-order valence-corrected chi connectivity index (χ4v) is 5.65. The molecule has 35 heavy (non-hydrogen) atoms. The van der Waals surface area contributed by atoms with E-state index in [1.807, 2.05) is 48.5 Å². The van der Waals surface area contributed by atoms with Crippen molar-refractivity contribution in [2.24, 2.45) is 0 Å². The van der Waals surface area contributed by atoms with Gasteiger partial charge in [-0.25, -0.2) is 8.42 Å². The molecule has 3 aromatic rings. The molecule has 7 nitrogen and oxygen atoms in total. The molecule has 3 aromatic carbocycles. The molecule has 0 spiro atoms. The molecule has 0 unspecified atom stereocenters. The van der Waals surface area contributed by atoms with Crippen molar-refractivity contribution < 1.29 is 17.9 Å². The zero-order valence-corrected chi connectivity index (χ0v) is 20.9. The van der Waals surface area contributed by atoms with Gasteiger partial charge in [0.1, 0.15) is 10.6 Å². The second-order valence-electron chi connectivity index (χ2n) is 8.79. The highest BCUT2D eigenvalue weighted by Crippen LogP contribution is 2.28. The van der Waals surface area contributed by atoms with Gasteiger partial charge in [0.15, 0.2) is 0 Å². The summed E-state index contributed by atoms with van der Waals surface area (Å²) >= 11 is 0. The highest BCUT2D eigenvalue weighted by atomic mass is 32.2. The molecule has 8 heteroatoms. The van der Waals surface area contributed by atoms with Crippen LogP contribution in [-0.4, -0.2) is 56.8 Å². The van der Waals surface area contributed by atoms with E-state index in [-0.39, 0.29) is 29.1 Å². The quantitative estimate of drug-likeness (QED) is 0.494. The number of benzene rings is 3. The zero-order chi connectivity index (χ0) is 24.8. The summed E-state index contributed by atoms with van der Waals surface area (Å²) in [6, 6.07) is 24.1. The van der Waals surface area contributed by atoms with Crippen LogP contribution < -0.4 is 10.1 Å². The van der Waals surface area contributed by atoms with Crippen LogP contribution in [0, 0.1) is 0 Å². The van der Waals surface area contributed by atoms with Crippen LogP contribution in [0.1, 0.15) is 27.9 Å². The van der Waals surface area contributed by atoms with E-state index in [1.165, 1.54) is 36.2 Å². The largest absolute Gasteiger partial charge is 0.495 e. The maximum atomic E-state index is 13.4. The zero-order valence-electron chi connectivity index (χ0n) is 20.1. The van der Waals surface area contributed by atoms with E-state index < -0.39 is 10.0 Å². The number of carbonyl (C=O) groups is 1. The summed E-state index contributed by atoms with van der Waals surface area (Å²) in [7, 11) is -0.943. The molecular formula is C27H31N3O4S. The Bertz CT molecular complexity index is 1250. The molecule has 4 rings (SSSR count). The van der Waals surface area contributed by atoms with Gasteiger partial charge in [-0.3, -0.25) is 9.69 Å². The van der Waals surface area contributed by atoms with E-state index in [0.29, 0.717) is 5.56 Å². The molecule has 1 N–H and O–H groups in total. The number of nitrogens with zero attached hydrogens (tertiary/aromatic N) is 2. The molecule has 1 fully saturated rings. The lowest BCUT2D eigenvalue weighted by Crippen LogP contribution is -2.37. The number of nitrogens with one attached hydrogen (secondary N) is 1. The minimum absolute atomic E-state index is 0.00845. The third-order valence-electron chi connectivity index (χ3n) is 6.22. The number of carbonyl (C=O) groups excluding carboxylic acids is 1. The smallest absolute Gasteiger partial charge is 0.251 e. The predicted octanol–water partition coefficient (Wildman–Crippen LogP) is 3.52. The summed E-state index contributed by atoms with van der Waals surface area (Å²) < 4.78 is 33.3. The number of amides is 1. The van der Waals surface area contributed by atoms with Gasteiger partial charge in [0.25, 0.3) is 5.91 Å². The minimum atomic E-state index is -3.89. The predicted molar refractivity (Wildman–Crippen MR) is 136 cm³/mol. The van der Waals surface area contributed by atoms with E-state index >= 15 is 0 Å². The first kappa shape index (κ1) is 24.9. The molecule has 1 aliphatic heterocycles. The Balaban J connectivity index is 1.45. The van der Waals surface area contributed by atoms with Gasteiger partial charge < -0.3 is 10.1 Å². The second-order valence-corrected chi connectivity index (χ2v) is 10.8. The first-order valence-electron chi connectivity index (χ1n) is 11.6. The van der Waals surface area contributed by atoms with Crippen LogP contribution in [0.5, 0.6) is 5.75 Å². The molecule has 0 aliphatic carbocycles. The summed E-state index contributed by atoms with van der Waals surface area (Å²) in [4.78, 5) is 15.3. The van der Waals surface area contributed by atoms with Gasteiger partial charge in [-0.05, 0) is 35.7 Å². The Hall–Kier alpha value is -3.20. The average molecular weight is 494 g/mol. The van der Waals surface area contributed by atoms with Crippen molar-refractivity contribution >= 4 is 15.9 Å². The molecule has 1 atom stereocenters. The summed E-state index contributed by atoms with van der Waals surface area (Å²) in [6.07, 6.45) is 0.847. The fraction of sp³-hybridized carbons (Fsp3) is 0.296. The van der Waals surface area contributed by atoms with Crippen molar-refractivity contribution in [3.8, 4) is 5.75 Å². The number of sulfonamides is 1. The summed E-state index contributed by atoms with van der Waals surface area (Å²) in [5, 5.41) is 3.07. The Morgan fingerprint density at radius 1 is 1.03 bits per heavy atom. The van der Waals surface area contributed by atoms with Crippen LogP contribution in [0.15, 0.2) is 83.8 Å². The van der Waals surface area contributed by atoms with Gasteiger partial charge in [0.05, 0.1) is 7.11 Å². The monoisotopic (exact) mass is 493 g/mol. The van der Waals surface area contributed by atoms with E-state index in [2.05, 4.69) is 22.3 Å². The van der Waals surface area contributed by atoms with Crippen molar-refractivity contribution in [2.45, 2.75) is 30.4 Å². The highest BCUT2D eigenvalue weighted by molar-refractivity contribution is 7.89. The maximum absolute atomic E-state index is 13.4. The second kappa shape index (κ2) is 11.0. The van der Waals surface area contributed by atoms with E-state index in [0.717, 1.165) is 31.6 Å². The first-order valence-corrected chi connectivity index (χ1v) is 13.1. The molecule has 1 heterocycles. The van der Waals surface area contributed by atoms with Gasteiger partial charge >= 0.3 is 0 Å². The average Bonchev–Trinajstić information content (AvgIpc) is 3.31. The summed E-state index contributed by atoms with van der Waals surface area (Å²) in [5.41, 5.74) is 2.40. The molecule has 184 valence electrons. The lowest BCUT2D eigenvalue weighted by atomic mass is 10.1. The highest BCUT2D eigenvalue weighted by Gasteiger charge is 2.28. The molecule has 0 saturated carbocycles. The fourth-order valence-electron chi connectivity index (χ4n) is 4.32. The Morgan fingerprint density at radius 3 is 2.34 bits per heavy atom. The normalized spacial score (nSPS) is 16.4. The van der Waals surface area contributed by atoms with Gasteiger partial charge in [0, 0.05) is 44.8 Å². The molecule has 0 radical (unpaired) electrons. The third-order valence-corrected chi connectivity index (χ3v) is 8.04. The lowest BCUT2D eigenvalue weighted by Gasteiger charge is -2.20. The van der Waals surface area contributed by atoms with Crippen molar-refractivity contribution in [1.82, 2.24) is 14.5 Å². The SMILES string of the molecule is COc1ccc(C(=O)N[C@@H]2CCN(Cc3ccccc3)C2)cc1S(=O)(=O)N(C)Cc1ccccc1. The Kier molecular flexibility index (Phi) is 7.85. The summed E-state index contributed by atoms with van der Waals surface area (Å²) in [5.74, 6) is -0.0854. The number of likely N-dealkylation sites (tertiary alicyclic amines) is 1. The topological polar surface area (TPSA) is 79.0 Å². The van der Waals surface area contributed by atoms with Crippen molar-refractivity contribution in [3.05, 3.63) is 95.6 Å². The van der Waals surface area contributed by atoms with Crippen LogP contribution in [0.4, 0.5) is 0 Å². The molecule has 0 aromatic heterocycles. The van der Waals surface area contributed by atoms with Gasteiger partial charge in [0.2, 0.25) is 10.0 Å². The maximum Gasteiger partial charge on any atom is 0.251 e. The van der Waals surface area contributed by atoms with Gasteiger partial charge in [-0.2, -0.15) is 4.31 Å². The van der Waals surface area contributed by atoms with E-state index in [1.54, 1.807) is 6.07 Å². The van der Waals surface area contributed by atoms with Gasteiger partial charge in [-0.15, -0.1) is 0 Å². The number of rotatable bonds is 9. The van der Waals surface area contributed by atoms with Crippen LogP contribution in [0.2, 0.25) is 0 Å². The van der Waals surface area contributed by atoms with E-state index in [9.17, 15) is 13.2 Å². The Morgan fingerprint density at radius 2 is 1.69 bits per heavy atom. The van der Waals surface area contributed by atoms with Crippen LogP contribution in [-0.2, 0) is 23.1 Å². The number of hydrogen-bond donors (Lipinski definition) is 1. The standard InChI is InChI=1S/C27H31N3O4S/c1-29(18-21-9-5-3-6-10-21)35(32,33)26-17-23(13-14-25(26)34-2)27(31)28-24-15-16-30(20-24)19-22-11-7-4-8-12-22/h3-14,17,24H,15-16,18-20H2,1-2H3,(H,28,31)/t24-/m1/s1. The lowest BCUT2D eigenvalue weighted by molar-refractivity contribution is 0.0937. The molecular weight excluding hydrogens is 462 g/mol. The number of hydrogen-bond acceptors (Lipinski definition) is 5. The van der Waals surface area contributed by atoms with Gasteiger partial charge in [-0.1, -0.05) is 60.7 Å². The molecule has 0 bridgehead atoms.